The number of halogens is 4. The Morgan fingerprint density at radius 1 is 1.21 bits per heavy atom. The van der Waals surface area contributed by atoms with E-state index in [1.165, 1.54) is 10.7 Å². The van der Waals surface area contributed by atoms with Crippen LogP contribution < -0.4 is 0 Å². The Hall–Kier alpha value is -1.89. The molecule has 0 saturated carbocycles. The molecule has 0 saturated heterocycles. The molecular weight excluding hydrogens is 281 g/mol. The van der Waals surface area contributed by atoms with Gasteiger partial charge in [-0.25, -0.2) is 4.98 Å². The summed E-state index contributed by atoms with van der Waals surface area (Å²) in [6.45, 7) is 1.70. The van der Waals surface area contributed by atoms with Crippen LogP contribution in [0.2, 0.25) is 5.02 Å². The molecule has 0 aliphatic carbocycles. The van der Waals surface area contributed by atoms with Crippen LogP contribution in [0, 0.1) is 6.92 Å². The number of imidazole rings is 1. The molecule has 0 aliphatic rings. The van der Waals surface area contributed by atoms with Crippen molar-refractivity contribution >= 4 is 28.3 Å². The average molecular weight is 287 g/mol. The molecule has 0 atom stereocenters. The number of aromatic nitrogens is 4. The van der Waals surface area contributed by atoms with Crippen LogP contribution in [0.25, 0.3) is 16.7 Å². The van der Waals surface area contributed by atoms with Gasteiger partial charge in [0.1, 0.15) is 11.8 Å². The molecule has 0 fully saturated rings. The standard InChI is InChI=1S/C11H6ClF3N4/c1-5-10-18-17-9-7(12)2-6(11(13,14)15)3-8(9)19(10)4-16-5/h2-4H,1H3. The van der Waals surface area contributed by atoms with Gasteiger partial charge in [-0.2, -0.15) is 13.2 Å². The summed E-state index contributed by atoms with van der Waals surface area (Å²) >= 11 is 5.84. The molecule has 0 bridgehead atoms. The zero-order chi connectivity index (χ0) is 13.8. The van der Waals surface area contributed by atoms with Gasteiger partial charge in [0.15, 0.2) is 5.65 Å². The van der Waals surface area contributed by atoms with Gasteiger partial charge < -0.3 is 0 Å². The topological polar surface area (TPSA) is 43.1 Å². The molecular formula is C11H6ClF3N4. The lowest BCUT2D eigenvalue weighted by atomic mass is 10.2. The average Bonchev–Trinajstić information content (AvgIpc) is 2.70. The molecule has 3 rings (SSSR count). The highest BCUT2D eigenvalue weighted by Crippen LogP contribution is 2.34. The van der Waals surface area contributed by atoms with Crippen molar-refractivity contribution in [3.05, 3.63) is 34.7 Å². The third kappa shape index (κ3) is 1.81. The molecule has 0 radical (unpaired) electrons. The van der Waals surface area contributed by atoms with E-state index in [1.54, 1.807) is 6.92 Å². The molecule has 0 N–H and O–H groups in total. The molecule has 2 heterocycles. The van der Waals surface area contributed by atoms with Crippen LogP contribution in [-0.4, -0.2) is 19.6 Å². The Labute approximate surface area is 109 Å². The Morgan fingerprint density at radius 2 is 1.95 bits per heavy atom. The van der Waals surface area contributed by atoms with Gasteiger partial charge in [0.05, 0.1) is 21.8 Å². The number of rotatable bonds is 0. The van der Waals surface area contributed by atoms with Crippen LogP contribution in [0.5, 0.6) is 0 Å². The van der Waals surface area contributed by atoms with E-state index in [0.717, 1.165) is 12.1 Å². The van der Waals surface area contributed by atoms with Crippen LogP contribution in [0.1, 0.15) is 11.3 Å². The fraction of sp³-hybridized carbons (Fsp3) is 0.182. The second-order valence-corrected chi connectivity index (χ2v) is 4.45. The Morgan fingerprint density at radius 3 is 2.63 bits per heavy atom. The fourth-order valence-electron chi connectivity index (χ4n) is 1.86. The largest absolute Gasteiger partial charge is 0.416 e. The number of aryl methyl sites for hydroxylation is 1. The van der Waals surface area contributed by atoms with E-state index in [1.807, 2.05) is 0 Å². The zero-order valence-corrected chi connectivity index (χ0v) is 10.3. The van der Waals surface area contributed by atoms with Crippen molar-refractivity contribution < 1.29 is 13.2 Å². The maximum Gasteiger partial charge on any atom is 0.416 e. The van der Waals surface area contributed by atoms with Crippen molar-refractivity contribution in [2.24, 2.45) is 0 Å². The third-order valence-corrected chi connectivity index (χ3v) is 3.08. The molecule has 3 aromatic rings. The van der Waals surface area contributed by atoms with Crippen LogP contribution in [-0.2, 0) is 6.18 Å². The summed E-state index contributed by atoms with van der Waals surface area (Å²) in [5.41, 5.74) is 0.599. The Balaban J connectivity index is 2.47. The fourth-order valence-corrected chi connectivity index (χ4v) is 2.11. The predicted molar refractivity (Wildman–Crippen MR) is 63.0 cm³/mol. The molecule has 98 valence electrons. The molecule has 2 aromatic heterocycles. The van der Waals surface area contributed by atoms with Crippen molar-refractivity contribution in [2.45, 2.75) is 13.1 Å². The lowest BCUT2D eigenvalue weighted by Crippen LogP contribution is -2.06. The minimum Gasteiger partial charge on any atom is -0.280 e. The van der Waals surface area contributed by atoms with Crippen molar-refractivity contribution in [3.8, 4) is 0 Å². The summed E-state index contributed by atoms with van der Waals surface area (Å²) < 4.78 is 39.8. The van der Waals surface area contributed by atoms with Crippen LogP contribution in [0.15, 0.2) is 18.5 Å². The highest BCUT2D eigenvalue weighted by Gasteiger charge is 2.31. The van der Waals surface area contributed by atoms with E-state index < -0.39 is 11.7 Å². The quantitative estimate of drug-likeness (QED) is 0.637. The summed E-state index contributed by atoms with van der Waals surface area (Å²) in [5, 5.41) is 7.67. The summed E-state index contributed by atoms with van der Waals surface area (Å²) in [6, 6.07) is 1.83. The first-order valence-corrected chi connectivity index (χ1v) is 5.62. The minimum atomic E-state index is -4.47. The third-order valence-electron chi connectivity index (χ3n) is 2.79. The number of alkyl halides is 3. The summed E-state index contributed by atoms with van der Waals surface area (Å²) in [5.74, 6) is 0. The number of benzene rings is 1. The molecule has 8 heteroatoms. The van der Waals surface area contributed by atoms with Gasteiger partial charge in [-0.3, -0.25) is 4.40 Å². The van der Waals surface area contributed by atoms with Gasteiger partial charge in [0.25, 0.3) is 0 Å². The van der Waals surface area contributed by atoms with Crippen molar-refractivity contribution in [1.29, 1.82) is 0 Å². The molecule has 0 unspecified atom stereocenters. The minimum absolute atomic E-state index is 0.0921. The van der Waals surface area contributed by atoms with Gasteiger partial charge in [-0.15, -0.1) is 10.2 Å². The Bertz CT molecular complexity index is 794. The number of nitrogens with zero attached hydrogens (tertiary/aromatic N) is 4. The van der Waals surface area contributed by atoms with Crippen LogP contribution >= 0.6 is 11.6 Å². The lowest BCUT2D eigenvalue weighted by Gasteiger charge is -2.09. The van der Waals surface area contributed by atoms with E-state index in [4.69, 9.17) is 11.6 Å². The van der Waals surface area contributed by atoms with Crippen LogP contribution in [0.3, 0.4) is 0 Å². The van der Waals surface area contributed by atoms with Gasteiger partial charge in [0, 0.05) is 0 Å². The molecule has 0 aliphatic heterocycles. The van der Waals surface area contributed by atoms with E-state index in [9.17, 15) is 13.2 Å². The Kier molecular flexibility index (Phi) is 2.43. The van der Waals surface area contributed by atoms with E-state index in [-0.39, 0.29) is 16.1 Å². The van der Waals surface area contributed by atoms with Gasteiger partial charge in [0.2, 0.25) is 0 Å². The van der Waals surface area contributed by atoms with E-state index in [2.05, 4.69) is 15.2 Å². The smallest absolute Gasteiger partial charge is 0.280 e. The normalized spacial score (nSPS) is 12.5. The van der Waals surface area contributed by atoms with Crippen molar-refractivity contribution in [3.63, 3.8) is 0 Å². The van der Waals surface area contributed by atoms with Gasteiger partial charge in [-0.1, -0.05) is 11.6 Å². The second-order valence-electron chi connectivity index (χ2n) is 4.05. The second kappa shape index (κ2) is 3.80. The summed E-state index contributed by atoms with van der Waals surface area (Å²) in [6.07, 6.45) is -3.07. The van der Waals surface area contributed by atoms with E-state index in [0.29, 0.717) is 11.3 Å². The molecule has 4 nitrogen and oxygen atoms in total. The monoisotopic (exact) mass is 286 g/mol. The maximum atomic E-state index is 12.8. The highest BCUT2D eigenvalue weighted by atomic mass is 35.5. The van der Waals surface area contributed by atoms with Gasteiger partial charge in [-0.05, 0) is 19.1 Å². The number of hydrogen-bond donors (Lipinski definition) is 0. The van der Waals surface area contributed by atoms with Crippen molar-refractivity contribution in [2.75, 3.05) is 0 Å². The SMILES string of the molecule is Cc1ncn2c1nnc1c(Cl)cc(C(F)(F)F)cc12. The summed E-state index contributed by atoms with van der Waals surface area (Å²) in [7, 11) is 0. The maximum absolute atomic E-state index is 12.8. The first kappa shape index (κ1) is 12.2. The molecule has 19 heavy (non-hydrogen) atoms. The van der Waals surface area contributed by atoms with E-state index >= 15 is 0 Å². The summed E-state index contributed by atoms with van der Waals surface area (Å²) in [4.78, 5) is 4.00. The predicted octanol–water partition coefficient (Wildman–Crippen LogP) is 3.26. The molecule has 1 aromatic carbocycles. The first-order chi connectivity index (χ1) is 8.88. The number of fused-ring (bicyclic) bond motifs is 3. The lowest BCUT2D eigenvalue weighted by molar-refractivity contribution is -0.137. The zero-order valence-electron chi connectivity index (χ0n) is 9.53. The number of hydrogen-bond acceptors (Lipinski definition) is 3. The van der Waals surface area contributed by atoms with Crippen molar-refractivity contribution in [1.82, 2.24) is 19.6 Å². The molecule has 0 amide bonds. The highest BCUT2D eigenvalue weighted by molar-refractivity contribution is 6.35. The van der Waals surface area contributed by atoms with Crippen LogP contribution in [0.4, 0.5) is 13.2 Å². The first-order valence-electron chi connectivity index (χ1n) is 5.25. The molecule has 0 spiro atoms. The van der Waals surface area contributed by atoms with Gasteiger partial charge >= 0.3 is 6.18 Å².